The molecular weight excluding hydrogens is 364 g/mol. The zero-order valence-corrected chi connectivity index (χ0v) is 15.7. The third kappa shape index (κ3) is 5.34. The molecule has 1 aromatic heterocycles. The Balaban J connectivity index is 1.70. The second-order valence-electron chi connectivity index (χ2n) is 5.77. The summed E-state index contributed by atoms with van der Waals surface area (Å²) in [5.41, 5.74) is 2.55. The van der Waals surface area contributed by atoms with Crippen molar-refractivity contribution in [2.24, 2.45) is 0 Å². The summed E-state index contributed by atoms with van der Waals surface area (Å²) >= 11 is 1.17. The fraction of sp³-hybridized carbons (Fsp3) is 0.250. The molecule has 1 heterocycles. The second kappa shape index (κ2) is 9.23. The highest BCUT2D eigenvalue weighted by atomic mass is 32.2. The summed E-state index contributed by atoms with van der Waals surface area (Å²) in [5, 5.41) is -0.185. The molecular formula is C20H20N2O4S. The Hall–Kier alpha value is -2.80. The Kier molecular flexibility index (Phi) is 6.49. The van der Waals surface area contributed by atoms with Crippen LogP contribution in [0.3, 0.4) is 0 Å². The average molecular weight is 384 g/mol. The summed E-state index contributed by atoms with van der Waals surface area (Å²) in [7, 11) is 0. The Morgan fingerprint density at radius 3 is 2.56 bits per heavy atom. The van der Waals surface area contributed by atoms with Crippen molar-refractivity contribution in [1.29, 1.82) is 0 Å². The number of nitrogens with zero attached hydrogens (tertiary/aromatic N) is 1. The van der Waals surface area contributed by atoms with Gasteiger partial charge in [-0.3, -0.25) is 9.59 Å². The highest BCUT2D eigenvalue weighted by Gasteiger charge is 2.27. The van der Waals surface area contributed by atoms with Gasteiger partial charge in [-0.1, -0.05) is 54.2 Å². The molecule has 140 valence electrons. The molecule has 0 aliphatic carbocycles. The predicted octanol–water partition coefficient (Wildman–Crippen LogP) is 3.72. The maximum atomic E-state index is 12.6. The van der Waals surface area contributed by atoms with Crippen LogP contribution in [0.15, 0.2) is 59.8 Å². The highest BCUT2D eigenvalue weighted by Crippen LogP contribution is 2.27. The van der Waals surface area contributed by atoms with Crippen LogP contribution >= 0.6 is 11.8 Å². The molecule has 0 saturated heterocycles. The van der Waals surface area contributed by atoms with Crippen molar-refractivity contribution in [3.8, 4) is 0 Å². The number of nitrogens with one attached hydrogen (secondary N) is 1. The van der Waals surface area contributed by atoms with E-state index in [4.69, 9.17) is 9.47 Å². The molecule has 0 radical (unpaired) electrons. The molecule has 6 nitrogen and oxygen atoms in total. The summed E-state index contributed by atoms with van der Waals surface area (Å²) in [4.78, 5) is 32.1. The van der Waals surface area contributed by atoms with Gasteiger partial charge in [0.25, 0.3) is 0 Å². The van der Waals surface area contributed by atoms with Crippen LogP contribution in [0.2, 0.25) is 0 Å². The van der Waals surface area contributed by atoms with Crippen molar-refractivity contribution in [3.63, 3.8) is 0 Å². The summed E-state index contributed by atoms with van der Waals surface area (Å²) in [6.45, 7) is 2.15. The first-order valence-corrected chi connectivity index (χ1v) is 9.51. The molecule has 3 rings (SSSR count). The number of hydrogen-bond donors (Lipinski definition) is 1. The van der Waals surface area contributed by atoms with Gasteiger partial charge < -0.3 is 14.5 Å². The molecule has 0 aliphatic heterocycles. The number of ether oxygens (including phenoxy) is 2. The number of para-hydroxylation sites is 2. The number of rotatable bonds is 8. The van der Waals surface area contributed by atoms with E-state index in [2.05, 4.69) is 9.97 Å². The van der Waals surface area contributed by atoms with Crippen molar-refractivity contribution in [1.82, 2.24) is 9.97 Å². The minimum atomic E-state index is -0.742. The van der Waals surface area contributed by atoms with Crippen molar-refractivity contribution < 1.29 is 19.1 Å². The molecule has 1 atom stereocenters. The number of carbonyl (C=O) groups is 2. The minimum Gasteiger partial charge on any atom is -0.466 e. The summed E-state index contributed by atoms with van der Waals surface area (Å²) in [6.07, 6.45) is -0.0802. The predicted molar refractivity (Wildman–Crippen MR) is 103 cm³/mol. The number of aromatic nitrogens is 2. The third-order valence-electron chi connectivity index (χ3n) is 3.77. The van der Waals surface area contributed by atoms with Crippen molar-refractivity contribution in [2.45, 2.75) is 30.4 Å². The minimum absolute atomic E-state index is 0.0802. The summed E-state index contributed by atoms with van der Waals surface area (Å²) in [6, 6.07) is 17.0. The monoisotopic (exact) mass is 384 g/mol. The van der Waals surface area contributed by atoms with Crippen LogP contribution in [0.4, 0.5) is 0 Å². The topological polar surface area (TPSA) is 81.3 Å². The molecule has 3 aromatic rings. The van der Waals surface area contributed by atoms with E-state index in [0.29, 0.717) is 5.16 Å². The lowest BCUT2D eigenvalue weighted by molar-refractivity contribution is -0.150. The molecule has 0 aliphatic rings. The molecule has 0 fully saturated rings. The molecule has 2 aromatic carbocycles. The molecule has 1 unspecified atom stereocenters. The van der Waals surface area contributed by atoms with Gasteiger partial charge in [0.1, 0.15) is 11.9 Å². The molecule has 0 spiro atoms. The van der Waals surface area contributed by atoms with E-state index in [-0.39, 0.29) is 19.6 Å². The van der Waals surface area contributed by atoms with Crippen LogP contribution in [0.25, 0.3) is 11.0 Å². The number of hydrogen-bond acceptors (Lipinski definition) is 6. The van der Waals surface area contributed by atoms with Gasteiger partial charge in [0, 0.05) is 0 Å². The van der Waals surface area contributed by atoms with E-state index in [9.17, 15) is 9.59 Å². The fourth-order valence-corrected chi connectivity index (χ4v) is 3.46. The van der Waals surface area contributed by atoms with Gasteiger partial charge in [0.15, 0.2) is 5.16 Å². The van der Waals surface area contributed by atoms with Gasteiger partial charge in [0.2, 0.25) is 0 Å². The van der Waals surface area contributed by atoms with E-state index in [1.807, 2.05) is 54.6 Å². The smallest absolute Gasteiger partial charge is 0.320 e. The number of benzene rings is 2. The molecule has 27 heavy (non-hydrogen) atoms. The summed E-state index contributed by atoms with van der Waals surface area (Å²) in [5.74, 6) is -0.917. The molecule has 1 N–H and O–H groups in total. The van der Waals surface area contributed by atoms with Crippen LogP contribution in [-0.4, -0.2) is 33.8 Å². The Morgan fingerprint density at radius 1 is 1.07 bits per heavy atom. The second-order valence-corrected chi connectivity index (χ2v) is 6.96. The zero-order chi connectivity index (χ0) is 19.1. The summed E-state index contributed by atoms with van der Waals surface area (Å²) < 4.78 is 10.4. The van der Waals surface area contributed by atoms with Crippen LogP contribution in [0, 0.1) is 0 Å². The third-order valence-corrected chi connectivity index (χ3v) is 4.83. The number of aromatic amines is 1. The van der Waals surface area contributed by atoms with Crippen LogP contribution in [0.1, 0.15) is 18.9 Å². The zero-order valence-electron chi connectivity index (χ0n) is 14.9. The molecule has 7 heteroatoms. The SMILES string of the molecule is CCOC(=O)CC(Sc1nc2ccccc2[nH]1)C(=O)OCc1ccccc1. The Morgan fingerprint density at radius 2 is 1.81 bits per heavy atom. The molecule has 0 amide bonds. The van der Waals surface area contributed by atoms with E-state index in [1.54, 1.807) is 6.92 Å². The van der Waals surface area contributed by atoms with E-state index in [0.717, 1.165) is 16.6 Å². The van der Waals surface area contributed by atoms with Crippen LogP contribution < -0.4 is 0 Å². The quantitative estimate of drug-likeness (QED) is 0.471. The average Bonchev–Trinajstić information content (AvgIpc) is 3.09. The van der Waals surface area contributed by atoms with E-state index >= 15 is 0 Å². The fourth-order valence-electron chi connectivity index (χ4n) is 2.49. The van der Waals surface area contributed by atoms with Gasteiger partial charge in [-0.25, -0.2) is 4.98 Å². The number of carbonyl (C=O) groups excluding carboxylic acids is 2. The van der Waals surface area contributed by atoms with E-state index in [1.165, 1.54) is 11.8 Å². The number of thioether (sulfide) groups is 1. The Bertz CT molecular complexity index is 878. The van der Waals surface area contributed by atoms with Gasteiger partial charge in [-0.15, -0.1) is 0 Å². The molecule has 0 bridgehead atoms. The largest absolute Gasteiger partial charge is 0.466 e. The number of imidazole rings is 1. The van der Waals surface area contributed by atoms with Crippen molar-refractivity contribution >= 4 is 34.7 Å². The lowest BCUT2D eigenvalue weighted by atomic mass is 10.2. The van der Waals surface area contributed by atoms with Crippen LogP contribution in [-0.2, 0) is 25.7 Å². The number of fused-ring (bicyclic) bond motifs is 1. The number of esters is 2. The maximum absolute atomic E-state index is 12.6. The van der Waals surface area contributed by atoms with Crippen LogP contribution in [0.5, 0.6) is 0 Å². The lowest BCUT2D eigenvalue weighted by Gasteiger charge is -2.14. The van der Waals surface area contributed by atoms with Crippen molar-refractivity contribution in [2.75, 3.05) is 6.61 Å². The Labute approximate surface area is 161 Å². The van der Waals surface area contributed by atoms with Gasteiger partial charge in [-0.2, -0.15) is 0 Å². The van der Waals surface area contributed by atoms with Crippen molar-refractivity contribution in [3.05, 3.63) is 60.2 Å². The first-order chi connectivity index (χ1) is 13.2. The first-order valence-electron chi connectivity index (χ1n) is 8.63. The normalized spacial score (nSPS) is 11.9. The lowest BCUT2D eigenvalue weighted by Crippen LogP contribution is -2.24. The van der Waals surface area contributed by atoms with Gasteiger partial charge in [-0.05, 0) is 24.6 Å². The number of H-pyrrole nitrogens is 1. The van der Waals surface area contributed by atoms with Gasteiger partial charge in [0.05, 0.1) is 24.1 Å². The maximum Gasteiger partial charge on any atom is 0.320 e. The first kappa shape index (κ1) is 19.0. The van der Waals surface area contributed by atoms with E-state index < -0.39 is 17.2 Å². The van der Waals surface area contributed by atoms with Gasteiger partial charge >= 0.3 is 11.9 Å². The molecule has 0 saturated carbocycles. The highest BCUT2D eigenvalue weighted by molar-refractivity contribution is 8.00. The standard InChI is InChI=1S/C20H20N2O4S/c1-2-25-18(23)12-17(19(24)26-13-14-8-4-3-5-9-14)27-20-21-15-10-6-7-11-16(15)22-20/h3-11,17H,2,12-13H2,1H3,(H,21,22).